The van der Waals surface area contributed by atoms with Gasteiger partial charge in [-0.2, -0.15) is 0 Å². The van der Waals surface area contributed by atoms with E-state index in [0.717, 1.165) is 17.7 Å². The Morgan fingerprint density at radius 3 is 1.96 bits per heavy atom. The highest BCUT2D eigenvalue weighted by atomic mass is 16.2. The number of nitrogens with one attached hydrogen (secondary N) is 1. The number of hydrogen-bond acceptors (Lipinski definition) is 1. The molecule has 0 aromatic heterocycles. The molecule has 3 aliphatic carbocycles. The Labute approximate surface area is 160 Å². The lowest BCUT2D eigenvalue weighted by Crippen LogP contribution is -2.47. The summed E-state index contributed by atoms with van der Waals surface area (Å²) in [7, 11) is 0. The van der Waals surface area contributed by atoms with E-state index in [2.05, 4.69) is 60.8 Å². The Bertz CT molecular complexity index is 1010. The Morgan fingerprint density at radius 2 is 1.37 bits per heavy atom. The van der Waals surface area contributed by atoms with E-state index in [4.69, 9.17) is 0 Å². The fourth-order valence-corrected chi connectivity index (χ4v) is 5.17. The Hall–Kier alpha value is -2.87. The Balaban J connectivity index is 1.62. The first-order valence-electron chi connectivity index (χ1n) is 9.64. The van der Waals surface area contributed by atoms with Crippen LogP contribution in [0.1, 0.15) is 53.0 Å². The van der Waals surface area contributed by atoms with Crippen LogP contribution in [0, 0.1) is 12.3 Å². The summed E-state index contributed by atoms with van der Waals surface area (Å²) < 4.78 is 0. The molecule has 1 unspecified atom stereocenters. The second-order valence-corrected chi connectivity index (χ2v) is 8.13. The first kappa shape index (κ1) is 16.3. The fraction of sp³-hybridized carbons (Fsp3) is 0.240. The van der Waals surface area contributed by atoms with Crippen LogP contribution in [0.4, 0.5) is 5.69 Å². The summed E-state index contributed by atoms with van der Waals surface area (Å²) >= 11 is 0. The molecule has 1 amide bonds. The number of hydrogen-bond donors (Lipinski definition) is 1. The molecule has 3 aliphatic rings. The van der Waals surface area contributed by atoms with Crippen LogP contribution in [-0.4, -0.2) is 5.91 Å². The van der Waals surface area contributed by atoms with Crippen molar-refractivity contribution in [2.24, 2.45) is 5.41 Å². The number of carbonyl (C=O) groups is 1. The minimum absolute atomic E-state index is 0.0962. The standard InChI is InChI=1S/C25H23NO/c1-16-9-3-8-14-22(16)26-24(27)25(2)15-21-17-10-4-6-12-19(17)23(25)20-13-7-5-11-18(20)21/h3-14,21,23H,15H2,1-2H3,(H,26,27). The van der Waals surface area contributed by atoms with Crippen LogP contribution in [-0.2, 0) is 4.79 Å². The summed E-state index contributed by atoms with van der Waals surface area (Å²) in [5, 5.41) is 3.23. The molecule has 1 N–H and O–H groups in total. The topological polar surface area (TPSA) is 29.1 Å². The third-order valence-electron chi connectivity index (χ3n) is 6.54. The number of anilines is 1. The van der Waals surface area contributed by atoms with Gasteiger partial charge in [-0.15, -0.1) is 0 Å². The fourth-order valence-electron chi connectivity index (χ4n) is 5.17. The minimum atomic E-state index is -0.463. The van der Waals surface area contributed by atoms with Crippen molar-refractivity contribution < 1.29 is 4.79 Å². The summed E-state index contributed by atoms with van der Waals surface area (Å²) in [6.45, 7) is 4.18. The molecule has 3 aromatic rings. The zero-order valence-corrected chi connectivity index (χ0v) is 15.7. The van der Waals surface area contributed by atoms with Crippen LogP contribution in [0.2, 0.25) is 0 Å². The van der Waals surface area contributed by atoms with Gasteiger partial charge in [0, 0.05) is 17.5 Å². The molecule has 0 fully saturated rings. The van der Waals surface area contributed by atoms with Crippen molar-refractivity contribution in [1.29, 1.82) is 0 Å². The highest BCUT2D eigenvalue weighted by molar-refractivity contribution is 5.97. The highest BCUT2D eigenvalue weighted by Crippen LogP contribution is 2.61. The van der Waals surface area contributed by atoms with Gasteiger partial charge in [0.05, 0.1) is 5.41 Å². The van der Waals surface area contributed by atoms with Gasteiger partial charge in [-0.25, -0.2) is 0 Å². The van der Waals surface area contributed by atoms with E-state index in [0.29, 0.717) is 0 Å². The van der Waals surface area contributed by atoms with E-state index < -0.39 is 5.41 Å². The van der Waals surface area contributed by atoms with E-state index in [1.54, 1.807) is 0 Å². The molecule has 2 bridgehead atoms. The third kappa shape index (κ3) is 2.29. The quantitative estimate of drug-likeness (QED) is 0.636. The summed E-state index contributed by atoms with van der Waals surface area (Å²) in [4.78, 5) is 13.5. The number of fused-ring (bicyclic) bond motifs is 1. The lowest BCUT2D eigenvalue weighted by Gasteiger charge is -2.50. The Morgan fingerprint density at radius 1 is 0.852 bits per heavy atom. The van der Waals surface area contributed by atoms with Crippen molar-refractivity contribution in [3.63, 3.8) is 0 Å². The maximum absolute atomic E-state index is 13.5. The lowest BCUT2D eigenvalue weighted by atomic mass is 9.52. The van der Waals surface area contributed by atoms with E-state index in [9.17, 15) is 4.79 Å². The van der Waals surface area contributed by atoms with E-state index >= 15 is 0 Å². The van der Waals surface area contributed by atoms with Crippen LogP contribution in [0.3, 0.4) is 0 Å². The molecule has 0 saturated carbocycles. The minimum Gasteiger partial charge on any atom is -0.325 e. The number of aryl methyl sites for hydroxylation is 1. The SMILES string of the molecule is Cc1ccccc1NC(=O)C1(C)CC2c3ccccc3C1c1ccccc12. The first-order valence-corrected chi connectivity index (χ1v) is 9.64. The molecule has 2 nitrogen and oxygen atoms in total. The summed E-state index contributed by atoms with van der Waals surface area (Å²) in [6, 6.07) is 25.3. The molecule has 2 heteroatoms. The second kappa shape index (κ2) is 5.82. The van der Waals surface area contributed by atoms with E-state index in [1.807, 2.05) is 31.2 Å². The van der Waals surface area contributed by atoms with Crippen molar-refractivity contribution in [1.82, 2.24) is 0 Å². The molecule has 6 rings (SSSR count). The van der Waals surface area contributed by atoms with Gasteiger partial charge in [-0.3, -0.25) is 4.79 Å². The lowest BCUT2D eigenvalue weighted by molar-refractivity contribution is -0.126. The molecule has 27 heavy (non-hydrogen) atoms. The summed E-state index contributed by atoms with van der Waals surface area (Å²) in [5.41, 5.74) is 6.95. The monoisotopic (exact) mass is 353 g/mol. The van der Waals surface area contributed by atoms with Gasteiger partial charge in [-0.05, 0) is 54.2 Å². The van der Waals surface area contributed by atoms with Crippen LogP contribution in [0.25, 0.3) is 0 Å². The second-order valence-electron chi connectivity index (χ2n) is 8.13. The first-order chi connectivity index (χ1) is 13.1. The van der Waals surface area contributed by atoms with E-state index in [-0.39, 0.29) is 17.7 Å². The zero-order valence-electron chi connectivity index (χ0n) is 15.7. The molecule has 3 aromatic carbocycles. The van der Waals surface area contributed by atoms with Crippen molar-refractivity contribution in [3.05, 3.63) is 101 Å². The van der Waals surface area contributed by atoms with Crippen molar-refractivity contribution in [2.45, 2.75) is 32.1 Å². The predicted octanol–water partition coefficient (Wildman–Crippen LogP) is 5.62. The van der Waals surface area contributed by atoms with E-state index in [1.165, 1.54) is 22.3 Å². The molecule has 0 aliphatic heterocycles. The van der Waals surface area contributed by atoms with Gasteiger partial charge in [0.1, 0.15) is 0 Å². The molecule has 1 atom stereocenters. The van der Waals surface area contributed by atoms with Gasteiger partial charge in [0.25, 0.3) is 0 Å². The van der Waals surface area contributed by atoms with Crippen LogP contribution < -0.4 is 5.32 Å². The van der Waals surface area contributed by atoms with Gasteiger partial charge in [0.15, 0.2) is 0 Å². The van der Waals surface area contributed by atoms with Crippen LogP contribution in [0.5, 0.6) is 0 Å². The maximum Gasteiger partial charge on any atom is 0.231 e. The zero-order chi connectivity index (χ0) is 18.6. The summed E-state index contributed by atoms with van der Waals surface area (Å²) in [5.74, 6) is 0.504. The predicted molar refractivity (Wildman–Crippen MR) is 109 cm³/mol. The molecule has 0 heterocycles. The average Bonchev–Trinajstić information content (AvgIpc) is 2.70. The highest BCUT2D eigenvalue weighted by Gasteiger charge is 2.53. The molecule has 0 saturated heterocycles. The van der Waals surface area contributed by atoms with Crippen LogP contribution in [0.15, 0.2) is 72.8 Å². The smallest absolute Gasteiger partial charge is 0.231 e. The van der Waals surface area contributed by atoms with Gasteiger partial charge in [0.2, 0.25) is 5.91 Å². The van der Waals surface area contributed by atoms with Gasteiger partial charge >= 0.3 is 0 Å². The molecule has 134 valence electrons. The number of para-hydroxylation sites is 1. The number of amides is 1. The Kier molecular flexibility index (Phi) is 3.51. The van der Waals surface area contributed by atoms with Gasteiger partial charge in [-0.1, -0.05) is 66.7 Å². The van der Waals surface area contributed by atoms with Crippen molar-refractivity contribution >= 4 is 11.6 Å². The number of rotatable bonds is 2. The molecular weight excluding hydrogens is 330 g/mol. The molecule has 0 radical (unpaired) electrons. The summed E-state index contributed by atoms with van der Waals surface area (Å²) in [6.07, 6.45) is 0.851. The largest absolute Gasteiger partial charge is 0.325 e. The van der Waals surface area contributed by atoms with Gasteiger partial charge < -0.3 is 5.32 Å². The molecular formula is C25H23NO. The van der Waals surface area contributed by atoms with Crippen molar-refractivity contribution in [3.8, 4) is 0 Å². The normalized spacial score (nSPS) is 24.8. The van der Waals surface area contributed by atoms with Crippen LogP contribution >= 0.6 is 0 Å². The molecule has 0 spiro atoms. The maximum atomic E-state index is 13.5. The third-order valence-corrected chi connectivity index (χ3v) is 6.54. The van der Waals surface area contributed by atoms with Crippen molar-refractivity contribution in [2.75, 3.05) is 5.32 Å². The number of carbonyl (C=O) groups excluding carboxylic acids is 1. The number of benzene rings is 3. The average molecular weight is 353 g/mol.